The van der Waals surface area contributed by atoms with Gasteiger partial charge >= 0.3 is 5.97 Å². The van der Waals surface area contributed by atoms with E-state index in [1.54, 1.807) is 30.3 Å². The summed E-state index contributed by atoms with van der Waals surface area (Å²) in [6.07, 6.45) is -0.657. The standard InChI is InChI=1S/C12H14O4/c13-10(7-4-8-11(14)15)12(16)9-5-2-1-3-6-9/h1-3,5-6,10,13H,4,7-8H2,(H,14,15). The molecule has 4 heteroatoms. The van der Waals surface area contributed by atoms with E-state index in [0.717, 1.165) is 0 Å². The van der Waals surface area contributed by atoms with Gasteiger partial charge in [-0.05, 0) is 12.8 Å². The van der Waals surface area contributed by atoms with Crippen LogP contribution < -0.4 is 0 Å². The van der Waals surface area contributed by atoms with E-state index in [0.29, 0.717) is 12.0 Å². The smallest absolute Gasteiger partial charge is 0.303 e. The molecule has 4 nitrogen and oxygen atoms in total. The molecule has 0 heterocycles. The second-order valence-electron chi connectivity index (χ2n) is 3.53. The van der Waals surface area contributed by atoms with Gasteiger partial charge in [0, 0.05) is 12.0 Å². The summed E-state index contributed by atoms with van der Waals surface area (Å²) in [6.45, 7) is 0. The van der Waals surface area contributed by atoms with Gasteiger partial charge in [-0.25, -0.2) is 0 Å². The molecule has 1 rings (SSSR count). The lowest BCUT2D eigenvalue weighted by Gasteiger charge is -2.08. The fourth-order valence-corrected chi connectivity index (χ4v) is 1.37. The quantitative estimate of drug-likeness (QED) is 0.715. The number of benzene rings is 1. The maximum absolute atomic E-state index is 11.6. The normalized spacial score (nSPS) is 12.1. The Labute approximate surface area is 93.5 Å². The fraction of sp³-hybridized carbons (Fsp3) is 0.333. The zero-order valence-corrected chi connectivity index (χ0v) is 8.80. The highest BCUT2D eigenvalue weighted by Crippen LogP contribution is 2.08. The molecule has 1 unspecified atom stereocenters. The van der Waals surface area contributed by atoms with Crippen molar-refractivity contribution in [3.05, 3.63) is 35.9 Å². The van der Waals surface area contributed by atoms with E-state index in [1.165, 1.54) is 0 Å². The highest BCUT2D eigenvalue weighted by Gasteiger charge is 2.16. The number of carbonyl (C=O) groups excluding carboxylic acids is 1. The Morgan fingerprint density at radius 3 is 2.38 bits per heavy atom. The summed E-state index contributed by atoms with van der Waals surface area (Å²) >= 11 is 0. The van der Waals surface area contributed by atoms with Gasteiger partial charge in [-0.1, -0.05) is 30.3 Å². The van der Waals surface area contributed by atoms with E-state index >= 15 is 0 Å². The third-order valence-corrected chi connectivity index (χ3v) is 2.23. The number of Topliss-reactive ketones (excluding diaryl/α,β-unsaturated/α-hetero) is 1. The number of hydrogen-bond donors (Lipinski definition) is 2. The summed E-state index contributed by atoms with van der Waals surface area (Å²) in [4.78, 5) is 21.9. The van der Waals surface area contributed by atoms with Crippen molar-refractivity contribution in [2.75, 3.05) is 0 Å². The Morgan fingerprint density at radius 2 is 1.81 bits per heavy atom. The minimum absolute atomic E-state index is 0.0286. The van der Waals surface area contributed by atoms with Crippen LogP contribution >= 0.6 is 0 Å². The number of rotatable bonds is 6. The summed E-state index contributed by atoms with van der Waals surface area (Å²) < 4.78 is 0. The maximum atomic E-state index is 11.6. The van der Waals surface area contributed by atoms with E-state index in [4.69, 9.17) is 5.11 Å². The van der Waals surface area contributed by atoms with E-state index in [-0.39, 0.29) is 18.6 Å². The van der Waals surface area contributed by atoms with Gasteiger partial charge < -0.3 is 10.2 Å². The fourth-order valence-electron chi connectivity index (χ4n) is 1.37. The van der Waals surface area contributed by atoms with Gasteiger partial charge in [-0.3, -0.25) is 9.59 Å². The predicted molar refractivity (Wildman–Crippen MR) is 58.3 cm³/mol. The molecule has 1 atom stereocenters. The number of aliphatic hydroxyl groups excluding tert-OH is 1. The molecule has 0 aromatic heterocycles. The average Bonchev–Trinajstić information content (AvgIpc) is 2.28. The summed E-state index contributed by atoms with van der Waals surface area (Å²) in [7, 11) is 0. The van der Waals surface area contributed by atoms with Gasteiger partial charge in [0.05, 0.1) is 0 Å². The first kappa shape index (κ1) is 12.4. The number of hydrogen-bond acceptors (Lipinski definition) is 3. The molecule has 0 spiro atoms. The average molecular weight is 222 g/mol. The van der Waals surface area contributed by atoms with Gasteiger partial charge in [0.1, 0.15) is 6.10 Å². The number of carboxylic acid groups (broad SMARTS) is 1. The van der Waals surface area contributed by atoms with Crippen LogP contribution in [0.3, 0.4) is 0 Å². The van der Waals surface area contributed by atoms with Crippen molar-refractivity contribution in [3.8, 4) is 0 Å². The number of ketones is 1. The second-order valence-corrected chi connectivity index (χ2v) is 3.53. The van der Waals surface area contributed by atoms with Gasteiger partial charge in [0.2, 0.25) is 0 Å². The van der Waals surface area contributed by atoms with Crippen molar-refractivity contribution >= 4 is 11.8 Å². The first-order valence-corrected chi connectivity index (χ1v) is 5.10. The molecule has 0 amide bonds. The lowest BCUT2D eigenvalue weighted by Crippen LogP contribution is -2.20. The zero-order chi connectivity index (χ0) is 12.0. The van der Waals surface area contributed by atoms with Gasteiger partial charge in [-0.15, -0.1) is 0 Å². The second kappa shape index (κ2) is 6.02. The Morgan fingerprint density at radius 1 is 1.19 bits per heavy atom. The Balaban J connectivity index is 2.45. The third-order valence-electron chi connectivity index (χ3n) is 2.23. The largest absolute Gasteiger partial charge is 0.481 e. The molecular weight excluding hydrogens is 208 g/mol. The molecule has 2 N–H and O–H groups in total. The van der Waals surface area contributed by atoms with Crippen LogP contribution in [-0.4, -0.2) is 28.1 Å². The molecule has 0 saturated carbocycles. The van der Waals surface area contributed by atoms with E-state index in [2.05, 4.69) is 0 Å². The monoisotopic (exact) mass is 222 g/mol. The predicted octanol–water partition coefficient (Wildman–Crippen LogP) is 1.49. The van der Waals surface area contributed by atoms with Crippen molar-refractivity contribution in [1.29, 1.82) is 0 Å². The van der Waals surface area contributed by atoms with Crippen LogP contribution in [0.2, 0.25) is 0 Å². The van der Waals surface area contributed by atoms with Gasteiger partial charge in [0.15, 0.2) is 5.78 Å². The van der Waals surface area contributed by atoms with Crippen molar-refractivity contribution in [3.63, 3.8) is 0 Å². The summed E-state index contributed by atoms with van der Waals surface area (Å²) in [5, 5.41) is 18.0. The lowest BCUT2D eigenvalue weighted by molar-refractivity contribution is -0.137. The van der Waals surface area contributed by atoms with Crippen LogP contribution in [0.1, 0.15) is 29.6 Å². The van der Waals surface area contributed by atoms with E-state index in [1.807, 2.05) is 0 Å². The zero-order valence-electron chi connectivity index (χ0n) is 8.80. The van der Waals surface area contributed by atoms with Crippen LogP contribution in [0.4, 0.5) is 0 Å². The number of aliphatic hydroxyl groups is 1. The molecule has 0 bridgehead atoms. The van der Waals surface area contributed by atoms with Crippen LogP contribution in [0.15, 0.2) is 30.3 Å². The van der Waals surface area contributed by atoms with Crippen molar-refractivity contribution in [1.82, 2.24) is 0 Å². The summed E-state index contributed by atoms with van der Waals surface area (Å²) in [5.74, 6) is -1.27. The minimum Gasteiger partial charge on any atom is -0.481 e. The molecule has 1 aromatic carbocycles. The van der Waals surface area contributed by atoms with E-state index < -0.39 is 12.1 Å². The van der Waals surface area contributed by atoms with Gasteiger partial charge in [-0.2, -0.15) is 0 Å². The number of carbonyl (C=O) groups is 2. The first-order valence-electron chi connectivity index (χ1n) is 5.10. The summed E-state index contributed by atoms with van der Waals surface area (Å²) in [6, 6.07) is 8.48. The molecular formula is C12H14O4. The molecule has 0 saturated heterocycles. The molecule has 0 fully saturated rings. The van der Waals surface area contributed by atoms with E-state index in [9.17, 15) is 14.7 Å². The third kappa shape index (κ3) is 3.82. The van der Waals surface area contributed by atoms with Crippen molar-refractivity contribution in [2.45, 2.75) is 25.4 Å². The highest BCUT2D eigenvalue weighted by molar-refractivity contribution is 5.99. The minimum atomic E-state index is -1.11. The molecule has 0 aliphatic rings. The van der Waals surface area contributed by atoms with Crippen LogP contribution in [-0.2, 0) is 4.79 Å². The van der Waals surface area contributed by atoms with Crippen LogP contribution in [0.25, 0.3) is 0 Å². The lowest BCUT2D eigenvalue weighted by atomic mass is 10.0. The molecule has 0 radical (unpaired) electrons. The van der Waals surface area contributed by atoms with Crippen LogP contribution in [0.5, 0.6) is 0 Å². The molecule has 86 valence electrons. The Bertz CT molecular complexity index is 359. The summed E-state index contributed by atoms with van der Waals surface area (Å²) in [5.41, 5.74) is 0.449. The van der Waals surface area contributed by atoms with Crippen LogP contribution in [0, 0.1) is 0 Å². The Kier molecular flexibility index (Phi) is 4.66. The molecule has 0 aliphatic carbocycles. The number of aliphatic carboxylic acids is 1. The topological polar surface area (TPSA) is 74.6 Å². The molecule has 16 heavy (non-hydrogen) atoms. The molecule has 0 aliphatic heterocycles. The molecule has 1 aromatic rings. The Hall–Kier alpha value is -1.68. The highest BCUT2D eigenvalue weighted by atomic mass is 16.4. The number of carboxylic acids is 1. The first-order chi connectivity index (χ1) is 7.61. The SMILES string of the molecule is O=C(O)CCCC(O)C(=O)c1ccccc1. The van der Waals surface area contributed by atoms with Crippen molar-refractivity contribution in [2.24, 2.45) is 0 Å². The van der Waals surface area contributed by atoms with Crippen molar-refractivity contribution < 1.29 is 19.8 Å². The maximum Gasteiger partial charge on any atom is 0.303 e. The van der Waals surface area contributed by atoms with Gasteiger partial charge in [0.25, 0.3) is 0 Å².